The van der Waals surface area contributed by atoms with E-state index in [2.05, 4.69) is 74.2 Å². The van der Waals surface area contributed by atoms with Gasteiger partial charge in [-0.2, -0.15) is 0 Å². The Balaban J connectivity index is 1.36. The number of piperidine rings is 1. The molecule has 6 aliphatic rings. The zero-order valence-electron chi connectivity index (χ0n) is 26.4. The molecule has 2 heterocycles. The van der Waals surface area contributed by atoms with Crippen molar-refractivity contribution in [1.82, 2.24) is 5.32 Å². The number of rotatable bonds is 3. The van der Waals surface area contributed by atoms with Gasteiger partial charge in [-0.1, -0.05) is 61.5 Å². The SMILES string of the molecule is C=CCO[C@H]1CC[C@@]2(C)[C@@](C)(CC[C@@H]3[C@]2(C)CC[C@]2(C)[C@@]4(C)[C@H](C)[C@]5(CC[C@H](C)CN5)O[C@@]4(C)C[C@@]32C)C1. The van der Waals surface area contributed by atoms with Gasteiger partial charge in [0.1, 0.15) is 5.72 Å². The standard InChI is InChI=1S/C35H59NO2/c1-11-20-37-26-13-16-31(7)28(4,21-26)15-14-27-29(31,5)18-19-32(8)30(27,6)23-33(9)34(32,10)25(3)35(38-33)17-12-24(2)22-36-35/h11,24-27,36H,1,12-23H2,2-10H3/t24-,25-,26-,27+,28-,29-,30-,31-,32-,33-,34+,35-/m0/s1. The van der Waals surface area contributed by atoms with Gasteiger partial charge in [-0.25, -0.2) is 0 Å². The Hall–Kier alpha value is -0.380. The van der Waals surface area contributed by atoms with Crippen LogP contribution in [0, 0.1) is 50.2 Å². The van der Waals surface area contributed by atoms with Crippen LogP contribution in [-0.4, -0.2) is 30.6 Å². The first kappa shape index (κ1) is 27.8. The summed E-state index contributed by atoms with van der Waals surface area (Å²) in [7, 11) is 0. The lowest BCUT2D eigenvalue weighted by Crippen LogP contribution is -2.67. The topological polar surface area (TPSA) is 30.5 Å². The summed E-state index contributed by atoms with van der Waals surface area (Å²) in [5, 5.41) is 3.99. The summed E-state index contributed by atoms with van der Waals surface area (Å²) in [6.45, 7) is 29.3. The number of hydrogen-bond donors (Lipinski definition) is 1. The second-order valence-electron chi connectivity index (χ2n) is 17.0. The summed E-state index contributed by atoms with van der Waals surface area (Å²) < 4.78 is 13.7. The number of ether oxygens (including phenoxy) is 2. The largest absolute Gasteiger partial charge is 0.374 e. The Morgan fingerprint density at radius 1 is 0.868 bits per heavy atom. The Labute approximate surface area is 234 Å². The van der Waals surface area contributed by atoms with Crippen LogP contribution in [0.1, 0.15) is 127 Å². The third-order valence-electron chi connectivity index (χ3n) is 16.3. The zero-order valence-corrected chi connectivity index (χ0v) is 26.4. The monoisotopic (exact) mass is 525 g/mol. The first-order valence-corrected chi connectivity index (χ1v) is 16.3. The van der Waals surface area contributed by atoms with E-state index < -0.39 is 0 Å². The second-order valence-corrected chi connectivity index (χ2v) is 17.0. The van der Waals surface area contributed by atoms with E-state index in [-0.39, 0.29) is 22.2 Å². The van der Waals surface area contributed by atoms with Gasteiger partial charge < -0.3 is 9.47 Å². The highest BCUT2D eigenvalue weighted by Crippen LogP contribution is 2.85. The number of fused-ring (bicyclic) bond motifs is 7. The Kier molecular flexibility index (Phi) is 5.94. The average Bonchev–Trinajstić information content (AvgIpc) is 3.11. The van der Waals surface area contributed by atoms with Crippen LogP contribution in [0.2, 0.25) is 0 Å². The van der Waals surface area contributed by atoms with Gasteiger partial charge in [0.25, 0.3) is 0 Å². The van der Waals surface area contributed by atoms with Crippen LogP contribution in [-0.2, 0) is 9.47 Å². The molecule has 6 fully saturated rings. The maximum atomic E-state index is 7.47. The van der Waals surface area contributed by atoms with E-state index in [0.29, 0.717) is 40.3 Å². The predicted octanol–water partition coefficient (Wildman–Crippen LogP) is 8.53. The van der Waals surface area contributed by atoms with Crippen molar-refractivity contribution in [3.63, 3.8) is 0 Å². The summed E-state index contributed by atoms with van der Waals surface area (Å²) >= 11 is 0. The Bertz CT molecular complexity index is 986. The van der Waals surface area contributed by atoms with E-state index in [1.165, 1.54) is 64.2 Å². The van der Waals surface area contributed by atoms with Crippen LogP contribution in [0.25, 0.3) is 0 Å². The van der Waals surface area contributed by atoms with E-state index in [1.54, 1.807) is 0 Å². The van der Waals surface area contributed by atoms with Gasteiger partial charge in [0, 0.05) is 17.9 Å². The minimum atomic E-state index is -0.137. The molecule has 4 saturated carbocycles. The summed E-state index contributed by atoms with van der Waals surface area (Å²) in [4.78, 5) is 0. The van der Waals surface area contributed by atoms with Crippen molar-refractivity contribution < 1.29 is 9.47 Å². The van der Waals surface area contributed by atoms with Crippen molar-refractivity contribution in [2.75, 3.05) is 13.2 Å². The lowest BCUT2D eigenvalue weighted by Gasteiger charge is -2.73. The van der Waals surface area contributed by atoms with Crippen molar-refractivity contribution in [1.29, 1.82) is 0 Å². The third kappa shape index (κ3) is 2.93. The molecule has 2 aliphatic heterocycles. The molecule has 3 nitrogen and oxygen atoms in total. The van der Waals surface area contributed by atoms with Crippen molar-refractivity contribution in [2.24, 2.45) is 50.2 Å². The molecule has 2 saturated heterocycles. The highest BCUT2D eigenvalue weighted by atomic mass is 16.5. The fourth-order valence-corrected chi connectivity index (χ4v) is 13.2. The van der Waals surface area contributed by atoms with Gasteiger partial charge in [-0.15, -0.1) is 6.58 Å². The van der Waals surface area contributed by atoms with Gasteiger partial charge >= 0.3 is 0 Å². The van der Waals surface area contributed by atoms with Crippen LogP contribution in [0.5, 0.6) is 0 Å². The summed E-state index contributed by atoms with van der Waals surface area (Å²) in [5.41, 5.74) is 1.60. The molecule has 1 spiro atoms. The molecule has 0 aromatic heterocycles. The maximum Gasteiger partial charge on any atom is 0.123 e. The predicted molar refractivity (Wildman–Crippen MR) is 157 cm³/mol. The molecular formula is C35H59NO2. The van der Waals surface area contributed by atoms with E-state index >= 15 is 0 Å². The van der Waals surface area contributed by atoms with Crippen LogP contribution < -0.4 is 5.32 Å². The van der Waals surface area contributed by atoms with Crippen LogP contribution in [0.15, 0.2) is 12.7 Å². The first-order chi connectivity index (χ1) is 17.6. The summed E-state index contributed by atoms with van der Waals surface area (Å²) in [5.74, 6) is 2.02. The van der Waals surface area contributed by atoms with Crippen molar-refractivity contribution in [3.05, 3.63) is 12.7 Å². The van der Waals surface area contributed by atoms with Crippen LogP contribution in [0.3, 0.4) is 0 Å². The Morgan fingerprint density at radius 2 is 1.61 bits per heavy atom. The molecule has 0 unspecified atom stereocenters. The lowest BCUT2D eigenvalue weighted by atomic mass is 9.31. The van der Waals surface area contributed by atoms with E-state index in [9.17, 15) is 0 Å². The molecule has 216 valence electrons. The highest BCUT2D eigenvalue weighted by Gasteiger charge is 2.83. The molecule has 0 aromatic rings. The fraction of sp³-hybridized carbons (Fsp3) is 0.943. The van der Waals surface area contributed by atoms with Gasteiger partial charge in [0.05, 0.1) is 18.3 Å². The molecular weight excluding hydrogens is 466 g/mol. The van der Waals surface area contributed by atoms with Gasteiger partial charge in [-0.05, 0) is 110 Å². The van der Waals surface area contributed by atoms with E-state index in [0.717, 1.165) is 18.4 Å². The second kappa shape index (κ2) is 8.13. The van der Waals surface area contributed by atoms with Gasteiger partial charge in [-0.3, -0.25) is 5.32 Å². The van der Waals surface area contributed by atoms with Gasteiger partial charge in [0.2, 0.25) is 0 Å². The lowest BCUT2D eigenvalue weighted by molar-refractivity contribution is -0.256. The summed E-state index contributed by atoms with van der Waals surface area (Å²) in [6, 6.07) is 0. The van der Waals surface area contributed by atoms with E-state index in [1.807, 2.05) is 6.08 Å². The molecule has 38 heavy (non-hydrogen) atoms. The molecule has 3 heteroatoms. The fourth-order valence-electron chi connectivity index (χ4n) is 13.2. The molecule has 4 aliphatic carbocycles. The summed E-state index contributed by atoms with van der Waals surface area (Å²) in [6.07, 6.45) is 15.1. The minimum absolute atomic E-state index is 0.0768. The molecule has 6 rings (SSSR count). The quantitative estimate of drug-likeness (QED) is 0.375. The van der Waals surface area contributed by atoms with Gasteiger partial charge in [0.15, 0.2) is 0 Å². The van der Waals surface area contributed by atoms with Crippen molar-refractivity contribution in [3.8, 4) is 0 Å². The first-order valence-electron chi connectivity index (χ1n) is 16.3. The molecule has 0 radical (unpaired) electrons. The Morgan fingerprint density at radius 3 is 2.26 bits per heavy atom. The molecule has 0 bridgehead atoms. The van der Waals surface area contributed by atoms with Crippen LogP contribution in [0.4, 0.5) is 0 Å². The minimum Gasteiger partial charge on any atom is -0.374 e. The van der Waals surface area contributed by atoms with Crippen molar-refractivity contribution >= 4 is 0 Å². The molecule has 0 aromatic carbocycles. The molecule has 0 amide bonds. The smallest absolute Gasteiger partial charge is 0.123 e. The van der Waals surface area contributed by atoms with E-state index in [4.69, 9.17) is 9.47 Å². The highest BCUT2D eigenvalue weighted by molar-refractivity contribution is 5.31. The normalized spacial score (nSPS) is 61.6. The maximum absolute atomic E-state index is 7.47. The van der Waals surface area contributed by atoms with Crippen LogP contribution >= 0.6 is 0 Å². The molecule has 12 atom stereocenters. The average molecular weight is 526 g/mol. The van der Waals surface area contributed by atoms with Crippen molar-refractivity contribution in [2.45, 2.75) is 144 Å². The number of hydrogen-bond acceptors (Lipinski definition) is 3. The molecule has 1 N–H and O–H groups in total. The number of nitrogens with one attached hydrogen (secondary N) is 1. The third-order valence-corrected chi connectivity index (χ3v) is 16.3. The zero-order chi connectivity index (χ0) is 27.6.